The van der Waals surface area contributed by atoms with Gasteiger partial charge in [-0.05, 0) is 12.8 Å². The number of rotatable bonds is 4. The number of hydrogen-bond donors (Lipinski definition) is 2. The molecular formula is C11H15NO3S. The number of nitrogens with zero attached hydrogens (tertiary/aromatic N) is 1. The third-order valence-corrected chi connectivity index (χ3v) is 3.22. The standard InChI is InChI=1S/C11H15NO3S/c1-8(7-12)11(5-3-2-4-6-11)15-10(16)9(13)14/h10,16H,1-6H2,(H,13,14). The normalized spacial score (nSPS) is 20.8. The van der Waals surface area contributed by atoms with Crippen LogP contribution < -0.4 is 0 Å². The zero-order valence-electron chi connectivity index (χ0n) is 8.98. The molecule has 88 valence electrons. The second kappa shape index (κ2) is 5.37. The van der Waals surface area contributed by atoms with E-state index < -0.39 is 17.0 Å². The molecule has 0 aliphatic heterocycles. The van der Waals surface area contributed by atoms with Crippen LogP contribution in [0.5, 0.6) is 0 Å². The molecule has 0 heterocycles. The molecule has 0 aromatic rings. The molecule has 1 saturated carbocycles. The summed E-state index contributed by atoms with van der Waals surface area (Å²) in [6.45, 7) is 3.67. The minimum absolute atomic E-state index is 0.299. The maximum atomic E-state index is 10.7. The number of thiol groups is 1. The van der Waals surface area contributed by atoms with Crippen molar-refractivity contribution in [1.29, 1.82) is 5.26 Å². The molecule has 0 amide bonds. The number of ether oxygens (including phenoxy) is 1. The molecule has 0 saturated heterocycles. The molecule has 1 rings (SSSR count). The third-order valence-electron chi connectivity index (χ3n) is 2.89. The Bertz CT molecular complexity index is 329. The Balaban J connectivity index is 2.83. The fraction of sp³-hybridized carbons (Fsp3) is 0.636. The summed E-state index contributed by atoms with van der Waals surface area (Å²) in [5.41, 5.74) is -1.73. The Morgan fingerprint density at radius 2 is 2.06 bits per heavy atom. The summed E-state index contributed by atoms with van der Waals surface area (Å²) < 4.78 is 5.44. The molecule has 16 heavy (non-hydrogen) atoms. The van der Waals surface area contributed by atoms with E-state index in [-0.39, 0.29) is 0 Å². The van der Waals surface area contributed by atoms with Gasteiger partial charge in [-0.3, -0.25) is 0 Å². The number of aliphatic carboxylic acids is 1. The number of carboxylic acid groups (broad SMARTS) is 1. The Morgan fingerprint density at radius 3 is 2.50 bits per heavy atom. The van der Waals surface area contributed by atoms with Gasteiger partial charge in [0.15, 0.2) is 5.44 Å². The number of hydrogen-bond acceptors (Lipinski definition) is 4. The molecule has 0 bridgehead atoms. The molecule has 1 fully saturated rings. The van der Waals surface area contributed by atoms with E-state index in [1.54, 1.807) is 0 Å². The molecule has 1 aliphatic carbocycles. The van der Waals surface area contributed by atoms with Gasteiger partial charge in [-0.15, -0.1) is 12.6 Å². The second-order valence-corrected chi connectivity index (χ2v) is 4.42. The summed E-state index contributed by atoms with van der Waals surface area (Å²) in [5, 5.41) is 17.7. The lowest BCUT2D eigenvalue weighted by atomic mass is 9.80. The molecule has 4 nitrogen and oxygen atoms in total. The summed E-state index contributed by atoms with van der Waals surface area (Å²) in [7, 11) is 0. The van der Waals surface area contributed by atoms with Gasteiger partial charge in [0, 0.05) is 0 Å². The summed E-state index contributed by atoms with van der Waals surface area (Å²) >= 11 is 3.85. The van der Waals surface area contributed by atoms with Gasteiger partial charge in [-0.1, -0.05) is 25.8 Å². The molecule has 1 atom stereocenters. The molecular weight excluding hydrogens is 226 g/mol. The maximum Gasteiger partial charge on any atom is 0.343 e. The molecule has 0 spiro atoms. The topological polar surface area (TPSA) is 70.3 Å². The van der Waals surface area contributed by atoms with Crippen LogP contribution in [0, 0.1) is 11.3 Å². The predicted octanol–water partition coefficient (Wildman–Crippen LogP) is 2.13. The van der Waals surface area contributed by atoms with Crippen molar-refractivity contribution < 1.29 is 14.6 Å². The molecule has 0 aromatic carbocycles. The van der Waals surface area contributed by atoms with Gasteiger partial charge in [-0.2, -0.15) is 5.26 Å². The van der Waals surface area contributed by atoms with E-state index in [1.807, 2.05) is 6.07 Å². The van der Waals surface area contributed by atoms with Crippen molar-refractivity contribution in [3.8, 4) is 6.07 Å². The Labute approximate surface area is 100 Å². The van der Waals surface area contributed by atoms with Crippen LogP contribution >= 0.6 is 12.6 Å². The third kappa shape index (κ3) is 2.77. The Kier molecular flexibility index (Phi) is 4.39. The van der Waals surface area contributed by atoms with Crippen LogP contribution in [-0.2, 0) is 9.53 Å². The van der Waals surface area contributed by atoms with Gasteiger partial charge in [0.25, 0.3) is 0 Å². The van der Waals surface area contributed by atoms with Crippen LogP contribution in [0.4, 0.5) is 0 Å². The van der Waals surface area contributed by atoms with Crippen molar-refractivity contribution in [2.75, 3.05) is 0 Å². The van der Waals surface area contributed by atoms with Crippen molar-refractivity contribution in [2.24, 2.45) is 0 Å². The molecule has 1 aliphatic rings. The average molecular weight is 241 g/mol. The van der Waals surface area contributed by atoms with E-state index in [2.05, 4.69) is 19.2 Å². The zero-order chi connectivity index (χ0) is 12.2. The number of carboxylic acids is 1. The van der Waals surface area contributed by atoms with E-state index in [1.165, 1.54) is 0 Å². The van der Waals surface area contributed by atoms with Crippen LogP contribution in [0.25, 0.3) is 0 Å². The first-order valence-corrected chi connectivity index (χ1v) is 5.72. The van der Waals surface area contributed by atoms with Crippen molar-refractivity contribution in [1.82, 2.24) is 0 Å². The lowest BCUT2D eigenvalue weighted by Gasteiger charge is -2.37. The molecule has 1 N–H and O–H groups in total. The summed E-state index contributed by atoms with van der Waals surface area (Å²) in [5.74, 6) is -1.14. The van der Waals surface area contributed by atoms with Crippen LogP contribution in [0.3, 0.4) is 0 Å². The highest BCUT2D eigenvalue weighted by atomic mass is 32.1. The zero-order valence-corrected chi connectivity index (χ0v) is 9.87. The number of carbonyl (C=O) groups is 1. The summed E-state index contributed by atoms with van der Waals surface area (Å²) in [4.78, 5) is 10.7. The van der Waals surface area contributed by atoms with Crippen LogP contribution in [-0.4, -0.2) is 22.1 Å². The quantitative estimate of drug-likeness (QED) is 0.449. The Hall–Kier alpha value is -0.990. The highest BCUT2D eigenvalue weighted by Crippen LogP contribution is 2.38. The minimum atomic E-state index is -1.21. The lowest BCUT2D eigenvalue weighted by molar-refractivity contribution is -0.152. The minimum Gasteiger partial charge on any atom is -0.479 e. The maximum absolute atomic E-state index is 10.7. The van der Waals surface area contributed by atoms with Gasteiger partial charge in [-0.25, -0.2) is 4.79 Å². The van der Waals surface area contributed by atoms with Crippen LogP contribution in [0.1, 0.15) is 32.1 Å². The van der Waals surface area contributed by atoms with Gasteiger partial charge < -0.3 is 9.84 Å². The second-order valence-electron chi connectivity index (χ2n) is 3.95. The van der Waals surface area contributed by atoms with Crippen molar-refractivity contribution >= 4 is 18.6 Å². The lowest BCUT2D eigenvalue weighted by Crippen LogP contribution is -2.40. The molecule has 0 radical (unpaired) electrons. The van der Waals surface area contributed by atoms with E-state index >= 15 is 0 Å². The molecule has 1 unspecified atom stereocenters. The van der Waals surface area contributed by atoms with E-state index in [0.717, 1.165) is 19.3 Å². The SMILES string of the molecule is C=C(C#N)C1(OC(S)C(=O)O)CCCCC1. The highest BCUT2D eigenvalue weighted by molar-refractivity contribution is 7.81. The number of nitriles is 1. The van der Waals surface area contributed by atoms with E-state index in [9.17, 15) is 4.79 Å². The first kappa shape index (κ1) is 13.1. The fourth-order valence-electron chi connectivity index (χ4n) is 1.98. The largest absolute Gasteiger partial charge is 0.479 e. The van der Waals surface area contributed by atoms with E-state index in [4.69, 9.17) is 15.1 Å². The van der Waals surface area contributed by atoms with E-state index in [0.29, 0.717) is 18.4 Å². The smallest absolute Gasteiger partial charge is 0.343 e. The van der Waals surface area contributed by atoms with Gasteiger partial charge in [0.05, 0.1) is 11.6 Å². The summed E-state index contributed by atoms with van der Waals surface area (Å²) in [6, 6.07) is 1.97. The van der Waals surface area contributed by atoms with Gasteiger partial charge >= 0.3 is 5.97 Å². The highest BCUT2D eigenvalue weighted by Gasteiger charge is 2.39. The first-order chi connectivity index (χ1) is 7.52. The van der Waals surface area contributed by atoms with Crippen LogP contribution in [0.15, 0.2) is 12.2 Å². The van der Waals surface area contributed by atoms with Crippen LogP contribution in [0.2, 0.25) is 0 Å². The molecule has 0 aromatic heterocycles. The average Bonchev–Trinajstić information content (AvgIpc) is 2.29. The van der Waals surface area contributed by atoms with Gasteiger partial charge in [0.2, 0.25) is 0 Å². The summed E-state index contributed by atoms with van der Waals surface area (Å²) in [6.07, 6.45) is 4.20. The van der Waals surface area contributed by atoms with Crippen molar-refractivity contribution in [3.05, 3.63) is 12.2 Å². The fourth-order valence-corrected chi connectivity index (χ4v) is 2.18. The monoisotopic (exact) mass is 241 g/mol. The first-order valence-electron chi connectivity index (χ1n) is 5.20. The predicted molar refractivity (Wildman–Crippen MR) is 62.1 cm³/mol. The molecule has 5 heteroatoms. The van der Waals surface area contributed by atoms with Crippen molar-refractivity contribution in [2.45, 2.75) is 43.1 Å². The Morgan fingerprint density at radius 1 is 1.50 bits per heavy atom. The van der Waals surface area contributed by atoms with Gasteiger partial charge in [0.1, 0.15) is 5.60 Å². The van der Waals surface area contributed by atoms with Crippen molar-refractivity contribution in [3.63, 3.8) is 0 Å².